The van der Waals surface area contributed by atoms with Gasteiger partial charge in [-0.25, -0.2) is 4.79 Å². The van der Waals surface area contributed by atoms with Crippen molar-refractivity contribution in [2.24, 2.45) is 5.92 Å². The van der Waals surface area contributed by atoms with E-state index in [9.17, 15) is 29.1 Å². The van der Waals surface area contributed by atoms with Crippen molar-refractivity contribution in [3.8, 4) is 0 Å². The van der Waals surface area contributed by atoms with Crippen LogP contribution in [0.5, 0.6) is 0 Å². The van der Waals surface area contributed by atoms with Crippen LogP contribution in [0.3, 0.4) is 0 Å². The van der Waals surface area contributed by atoms with Crippen molar-refractivity contribution in [1.29, 1.82) is 0 Å². The molecule has 10 nitrogen and oxygen atoms in total. The van der Waals surface area contributed by atoms with Gasteiger partial charge in [0.05, 0.1) is 25.6 Å². The lowest BCUT2D eigenvalue weighted by Crippen LogP contribution is -2.54. The Morgan fingerprint density at radius 3 is 2.36 bits per heavy atom. The van der Waals surface area contributed by atoms with E-state index in [1.54, 1.807) is 6.92 Å². The Balaban J connectivity index is 2.91. The third kappa shape index (κ3) is 6.05. The second kappa shape index (κ2) is 9.60. The Kier molecular flexibility index (Phi) is 7.83. The molecule has 0 saturated carbocycles. The van der Waals surface area contributed by atoms with Crippen molar-refractivity contribution < 1.29 is 38.6 Å². The molecule has 1 aliphatic rings. The Morgan fingerprint density at radius 1 is 1.24 bits per heavy atom. The van der Waals surface area contributed by atoms with E-state index in [4.69, 9.17) is 9.47 Å². The number of aliphatic carboxylic acids is 1. The molecule has 25 heavy (non-hydrogen) atoms. The van der Waals surface area contributed by atoms with E-state index in [1.165, 1.54) is 6.92 Å². The highest BCUT2D eigenvalue weighted by atomic mass is 16.5. The third-order valence-corrected chi connectivity index (χ3v) is 3.56. The van der Waals surface area contributed by atoms with Gasteiger partial charge in [0, 0.05) is 6.42 Å². The smallest absolute Gasteiger partial charge is 0.327 e. The number of carboxylic acids is 1. The largest absolute Gasteiger partial charge is 0.480 e. The van der Waals surface area contributed by atoms with E-state index in [-0.39, 0.29) is 32.0 Å². The molecule has 140 valence electrons. The molecule has 1 fully saturated rings. The molecule has 0 spiro atoms. The van der Waals surface area contributed by atoms with Gasteiger partial charge in [-0.05, 0) is 20.3 Å². The van der Waals surface area contributed by atoms with Crippen LogP contribution in [0.2, 0.25) is 0 Å². The topological polar surface area (TPSA) is 148 Å². The zero-order valence-corrected chi connectivity index (χ0v) is 14.1. The summed E-state index contributed by atoms with van der Waals surface area (Å²) >= 11 is 0. The summed E-state index contributed by atoms with van der Waals surface area (Å²) < 4.78 is 9.55. The summed E-state index contributed by atoms with van der Waals surface area (Å²) in [6, 6.07) is -2.56. The second-order valence-electron chi connectivity index (χ2n) is 5.35. The van der Waals surface area contributed by atoms with Crippen LogP contribution in [0, 0.1) is 5.92 Å². The molecule has 0 radical (unpaired) electrons. The first kappa shape index (κ1) is 20.4. The summed E-state index contributed by atoms with van der Waals surface area (Å²) in [5, 5.41) is 14.0. The predicted octanol–water partition coefficient (Wildman–Crippen LogP) is -1.03. The molecule has 1 saturated heterocycles. The SMILES string of the molecule is CCOC(=O)C[C@@H](C(=O)OCC)[C@@H](NC(=O)[C@@H]1CCC(=O)N1)C(=O)O. The molecule has 1 heterocycles. The van der Waals surface area contributed by atoms with Crippen molar-refractivity contribution >= 4 is 29.7 Å². The lowest BCUT2D eigenvalue weighted by molar-refractivity contribution is -0.160. The predicted molar refractivity (Wildman–Crippen MR) is 82.1 cm³/mol. The number of carbonyl (C=O) groups excluding carboxylic acids is 4. The highest BCUT2D eigenvalue weighted by Crippen LogP contribution is 2.15. The van der Waals surface area contributed by atoms with Gasteiger partial charge in [-0.3, -0.25) is 19.2 Å². The number of ether oxygens (including phenoxy) is 2. The summed E-state index contributed by atoms with van der Waals surface area (Å²) in [6.07, 6.45) is -0.181. The summed E-state index contributed by atoms with van der Waals surface area (Å²) in [5.41, 5.74) is 0. The molecule has 10 heteroatoms. The van der Waals surface area contributed by atoms with Crippen LogP contribution in [0.15, 0.2) is 0 Å². The van der Waals surface area contributed by atoms with Crippen LogP contribution >= 0.6 is 0 Å². The lowest BCUT2D eigenvalue weighted by atomic mass is 9.95. The Morgan fingerprint density at radius 2 is 1.88 bits per heavy atom. The zero-order valence-electron chi connectivity index (χ0n) is 14.1. The van der Waals surface area contributed by atoms with E-state index in [0.29, 0.717) is 0 Å². The van der Waals surface area contributed by atoms with Gasteiger partial charge in [0.25, 0.3) is 0 Å². The normalized spacial score (nSPS) is 18.6. The molecule has 0 aromatic rings. The highest BCUT2D eigenvalue weighted by molar-refractivity contribution is 5.95. The van der Waals surface area contributed by atoms with Gasteiger partial charge in [-0.2, -0.15) is 0 Å². The number of amides is 2. The molecule has 0 aromatic carbocycles. The summed E-state index contributed by atoms with van der Waals surface area (Å²) in [6.45, 7) is 3.14. The number of hydrogen-bond acceptors (Lipinski definition) is 7. The minimum atomic E-state index is -1.69. The monoisotopic (exact) mass is 358 g/mol. The average Bonchev–Trinajstić information content (AvgIpc) is 2.97. The second-order valence-corrected chi connectivity index (χ2v) is 5.35. The van der Waals surface area contributed by atoms with Crippen LogP contribution in [0.25, 0.3) is 0 Å². The van der Waals surface area contributed by atoms with Crippen molar-refractivity contribution in [3.05, 3.63) is 0 Å². The average molecular weight is 358 g/mol. The van der Waals surface area contributed by atoms with E-state index in [1.807, 2.05) is 0 Å². The maximum atomic E-state index is 12.1. The number of nitrogens with one attached hydrogen (secondary N) is 2. The van der Waals surface area contributed by atoms with Gasteiger partial charge < -0.3 is 25.2 Å². The van der Waals surface area contributed by atoms with E-state index in [0.717, 1.165) is 0 Å². The fourth-order valence-corrected chi connectivity index (χ4v) is 2.39. The Hall–Kier alpha value is -2.65. The molecule has 0 aromatic heterocycles. The van der Waals surface area contributed by atoms with E-state index >= 15 is 0 Å². The third-order valence-electron chi connectivity index (χ3n) is 3.56. The minimum Gasteiger partial charge on any atom is -0.480 e. The maximum absolute atomic E-state index is 12.1. The van der Waals surface area contributed by atoms with Gasteiger partial charge in [-0.1, -0.05) is 0 Å². The van der Waals surface area contributed by atoms with Crippen molar-refractivity contribution in [2.75, 3.05) is 13.2 Å². The number of hydrogen-bond donors (Lipinski definition) is 3. The fraction of sp³-hybridized carbons (Fsp3) is 0.667. The van der Waals surface area contributed by atoms with Crippen LogP contribution in [-0.4, -0.2) is 60.1 Å². The number of rotatable bonds is 9. The molecule has 2 amide bonds. The van der Waals surface area contributed by atoms with Gasteiger partial charge >= 0.3 is 17.9 Å². The van der Waals surface area contributed by atoms with E-state index < -0.39 is 48.2 Å². The zero-order chi connectivity index (χ0) is 19.0. The van der Waals surface area contributed by atoms with Crippen LogP contribution in [0.1, 0.15) is 33.1 Å². The van der Waals surface area contributed by atoms with Crippen molar-refractivity contribution in [2.45, 2.75) is 45.2 Å². The van der Waals surface area contributed by atoms with Gasteiger partial charge in [0.2, 0.25) is 11.8 Å². The quantitative estimate of drug-likeness (QED) is 0.443. The molecular formula is C15H22N2O8. The molecule has 1 aliphatic heterocycles. The van der Waals surface area contributed by atoms with Crippen LogP contribution in [0.4, 0.5) is 0 Å². The first-order valence-electron chi connectivity index (χ1n) is 7.94. The molecule has 0 bridgehead atoms. The first-order chi connectivity index (χ1) is 11.8. The number of carbonyl (C=O) groups is 5. The van der Waals surface area contributed by atoms with Crippen molar-refractivity contribution in [3.63, 3.8) is 0 Å². The molecule has 1 rings (SSSR count). The standard InChI is InChI=1S/C15H22N2O8/c1-3-24-11(19)7-8(15(23)25-4-2)12(14(21)22)17-13(20)9-5-6-10(18)16-9/h8-9,12H,3-7H2,1-2H3,(H,16,18)(H,17,20)(H,21,22)/t8-,9+,12-/m1/s1. The summed E-state index contributed by atoms with van der Waals surface area (Å²) in [4.78, 5) is 58.6. The fourth-order valence-electron chi connectivity index (χ4n) is 2.39. The maximum Gasteiger partial charge on any atom is 0.327 e. The first-order valence-corrected chi connectivity index (χ1v) is 7.94. The molecule has 0 aliphatic carbocycles. The highest BCUT2D eigenvalue weighted by Gasteiger charge is 2.40. The minimum absolute atomic E-state index is 0.0167. The summed E-state index contributed by atoms with van der Waals surface area (Å²) in [5.74, 6) is -5.72. The van der Waals surface area contributed by atoms with Gasteiger partial charge in [0.15, 0.2) is 0 Å². The van der Waals surface area contributed by atoms with Crippen LogP contribution < -0.4 is 10.6 Å². The number of esters is 2. The summed E-state index contributed by atoms with van der Waals surface area (Å²) in [7, 11) is 0. The Labute approximate surface area is 144 Å². The molecule has 0 unspecified atom stereocenters. The van der Waals surface area contributed by atoms with Gasteiger partial charge in [0.1, 0.15) is 12.1 Å². The molecule has 3 atom stereocenters. The van der Waals surface area contributed by atoms with Crippen LogP contribution in [-0.2, 0) is 33.4 Å². The molecule has 3 N–H and O–H groups in total. The molecular weight excluding hydrogens is 336 g/mol. The Bertz CT molecular complexity index is 548. The lowest BCUT2D eigenvalue weighted by Gasteiger charge is -2.24. The van der Waals surface area contributed by atoms with E-state index in [2.05, 4.69) is 10.6 Å². The number of carboxylic acid groups (broad SMARTS) is 1. The van der Waals surface area contributed by atoms with Crippen molar-refractivity contribution in [1.82, 2.24) is 10.6 Å². The van der Waals surface area contributed by atoms with Gasteiger partial charge in [-0.15, -0.1) is 0 Å².